The highest BCUT2D eigenvalue weighted by atomic mass is 127. The van der Waals surface area contributed by atoms with Gasteiger partial charge in [0.25, 0.3) is 0 Å². The molecule has 0 bridgehead atoms. The molecule has 1 aromatic rings. The third-order valence-corrected chi connectivity index (χ3v) is 3.29. The van der Waals surface area contributed by atoms with Crippen LogP contribution in [-0.2, 0) is 0 Å². The predicted octanol–water partition coefficient (Wildman–Crippen LogP) is 2.29. The van der Waals surface area contributed by atoms with Crippen LogP contribution in [0, 0.1) is 5.82 Å². The maximum absolute atomic E-state index is 12.9. The molecule has 0 spiro atoms. The van der Waals surface area contributed by atoms with Crippen LogP contribution in [0.1, 0.15) is 13.3 Å². The van der Waals surface area contributed by atoms with Crippen molar-refractivity contribution in [3.8, 4) is 0 Å². The van der Waals surface area contributed by atoms with Crippen LogP contribution in [0.2, 0.25) is 0 Å². The number of hydrogen-bond acceptors (Lipinski definition) is 2. The molecule has 112 valence electrons. The van der Waals surface area contributed by atoms with Crippen LogP contribution in [-0.4, -0.2) is 43.6 Å². The predicted molar refractivity (Wildman–Crippen MR) is 92.4 cm³/mol. The van der Waals surface area contributed by atoms with Crippen LogP contribution in [0.15, 0.2) is 29.3 Å². The van der Waals surface area contributed by atoms with E-state index >= 15 is 0 Å². The zero-order valence-corrected chi connectivity index (χ0v) is 14.1. The first kappa shape index (κ1) is 17.0. The average molecular weight is 392 g/mol. The van der Waals surface area contributed by atoms with Gasteiger partial charge in [-0.3, -0.25) is 4.99 Å². The molecule has 1 heterocycles. The molecule has 2 N–H and O–H groups in total. The van der Waals surface area contributed by atoms with E-state index in [9.17, 15) is 4.39 Å². The Labute approximate surface area is 136 Å². The Bertz CT molecular complexity index is 427. The number of aliphatic imine (C=N–C) groups is 1. The number of guanidine groups is 1. The van der Waals surface area contributed by atoms with Gasteiger partial charge < -0.3 is 15.5 Å². The summed E-state index contributed by atoms with van der Waals surface area (Å²) in [7, 11) is 0. The summed E-state index contributed by atoms with van der Waals surface area (Å²) in [4.78, 5) is 8.67. The second-order valence-electron chi connectivity index (χ2n) is 4.69. The summed E-state index contributed by atoms with van der Waals surface area (Å²) >= 11 is 0. The minimum atomic E-state index is -0.196. The Kier molecular flexibility index (Phi) is 7.04. The van der Waals surface area contributed by atoms with Gasteiger partial charge in [-0.1, -0.05) is 6.92 Å². The Balaban J connectivity index is 0.00000200. The number of halogens is 2. The highest BCUT2D eigenvalue weighted by Crippen LogP contribution is 2.16. The minimum Gasteiger partial charge on any atom is -0.370 e. The second-order valence-corrected chi connectivity index (χ2v) is 4.69. The summed E-state index contributed by atoms with van der Waals surface area (Å²) in [5, 5.41) is 0. The van der Waals surface area contributed by atoms with E-state index in [1.54, 1.807) is 0 Å². The number of rotatable bonds is 3. The number of nitrogens with zero attached hydrogens (tertiary/aromatic N) is 3. The number of hydrogen-bond donors (Lipinski definition) is 1. The molecule has 2 rings (SSSR count). The Morgan fingerprint density at radius 2 is 1.80 bits per heavy atom. The Hall–Kier alpha value is -1.05. The third-order valence-electron chi connectivity index (χ3n) is 3.29. The summed E-state index contributed by atoms with van der Waals surface area (Å²) in [6, 6.07) is 6.64. The number of piperazine rings is 1. The van der Waals surface area contributed by atoms with Crippen molar-refractivity contribution in [3.63, 3.8) is 0 Å². The van der Waals surface area contributed by atoms with Gasteiger partial charge in [-0.25, -0.2) is 4.39 Å². The normalized spacial score (nSPS) is 16.0. The summed E-state index contributed by atoms with van der Waals surface area (Å²) in [5.41, 5.74) is 7.01. The molecule has 0 unspecified atom stereocenters. The van der Waals surface area contributed by atoms with Gasteiger partial charge >= 0.3 is 0 Å². The average Bonchev–Trinajstić information content (AvgIpc) is 2.46. The zero-order chi connectivity index (χ0) is 13.7. The van der Waals surface area contributed by atoms with Crippen LogP contribution in [0.25, 0.3) is 0 Å². The molecule has 0 amide bonds. The van der Waals surface area contributed by atoms with E-state index in [1.165, 1.54) is 12.1 Å². The number of anilines is 1. The zero-order valence-electron chi connectivity index (χ0n) is 11.8. The van der Waals surface area contributed by atoms with E-state index < -0.39 is 0 Å². The lowest BCUT2D eigenvalue weighted by atomic mass is 10.2. The topological polar surface area (TPSA) is 44.9 Å². The van der Waals surface area contributed by atoms with Crippen molar-refractivity contribution in [1.29, 1.82) is 0 Å². The second kappa shape index (κ2) is 8.28. The summed E-state index contributed by atoms with van der Waals surface area (Å²) in [6.45, 7) is 6.35. The van der Waals surface area contributed by atoms with Crippen LogP contribution in [0.3, 0.4) is 0 Å². The van der Waals surface area contributed by atoms with Crippen LogP contribution in [0.5, 0.6) is 0 Å². The molecule has 1 aromatic carbocycles. The van der Waals surface area contributed by atoms with Gasteiger partial charge in [0.1, 0.15) is 5.82 Å². The molecular formula is C14H22FIN4. The summed E-state index contributed by atoms with van der Waals surface area (Å²) in [5.74, 6) is 0.443. The Morgan fingerprint density at radius 3 is 2.35 bits per heavy atom. The van der Waals surface area contributed by atoms with Gasteiger partial charge in [-0.15, -0.1) is 24.0 Å². The lowest BCUT2D eigenvalue weighted by Crippen LogP contribution is -2.51. The van der Waals surface area contributed by atoms with Gasteiger partial charge in [0, 0.05) is 38.4 Å². The fourth-order valence-electron chi connectivity index (χ4n) is 2.17. The van der Waals surface area contributed by atoms with Crippen molar-refractivity contribution in [1.82, 2.24) is 4.90 Å². The van der Waals surface area contributed by atoms with Gasteiger partial charge in [0.2, 0.25) is 0 Å². The smallest absolute Gasteiger partial charge is 0.191 e. The maximum Gasteiger partial charge on any atom is 0.191 e. The SMILES string of the molecule is CCCN=C(N)N1CCN(c2ccc(F)cc2)CC1.I. The maximum atomic E-state index is 12.9. The molecular weight excluding hydrogens is 370 g/mol. The molecule has 0 radical (unpaired) electrons. The summed E-state index contributed by atoms with van der Waals surface area (Å²) in [6.07, 6.45) is 1.01. The van der Waals surface area contributed by atoms with Crippen LogP contribution < -0.4 is 10.6 Å². The molecule has 6 heteroatoms. The van der Waals surface area contributed by atoms with E-state index in [0.717, 1.165) is 44.8 Å². The summed E-state index contributed by atoms with van der Waals surface area (Å²) < 4.78 is 12.9. The first-order valence-electron chi connectivity index (χ1n) is 6.76. The van der Waals surface area contributed by atoms with Crippen molar-refractivity contribution in [2.75, 3.05) is 37.6 Å². The molecule has 0 aromatic heterocycles. The molecule has 4 nitrogen and oxygen atoms in total. The molecule has 1 aliphatic rings. The fourth-order valence-corrected chi connectivity index (χ4v) is 2.17. The van der Waals surface area contributed by atoms with Gasteiger partial charge in [0.05, 0.1) is 0 Å². The van der Waals surface area contributed by atoms with Crippen molar-refractivity contribution in [2.45, 2.75) is 13.3 Å². The molecule has 20 heavy (non-hydrogen) atoms. The van der Waals surface area contributed by atoms with Gasteiger partial charge in [0.15, 0.2) is 5.96 Å². The van der Waals surface area contributed by atoms with E-state index in [4.69, 9.17) is 5.73 Å². The molecule has 1 fully saturated rings. The van der Waals surface area contributed by atoms with Crippen molar-refractivity contribution < 1.29 is 4.39 Å². The van der Waals surface area contributed by atoms with E-state index in [-0.39, 0.29) is 29.8 Å². The first-order chi connectivity index (χ1) is 9.20. The fraction of sp³-hybridized carbons (Fsp3) is 0.500. The molecule has 1 aliphatic heterocycles. The van der Waals surface area contributed by atoms with Crippen LogP contribution in [0.4, 0.5) is 10.1 Å². The molecule has 1 saturated heterocycles. The Morgan fingerprint density at radius 1 is 1.20 bits per heavy atom. The monoisotopic (exact) mass is 392 g/mol. The van der Waals surface area contributed by atoms with Crippen LogP contribution >= 0.6 is 24.0 Å². The molecule has 0 aliphatic carbocycles. The number of benzene rings is 1. The lowest BCUT2D eigenvalue weighted by Gasteiger charge is -2.36. The standard InChI is InChI=1S/C14H21FN4.HI/c1-2-7-17-14(16)19-10-8-18(9-11-19)13-5-3-12(15)4-6-13;/h3-6H,2,7-11H2,1H3,(H2,16,17);1H. The third kappa shape index (κ3) is 4.50. The lowest BCUT2D eigenvalue weighted by molar-refractivity contribution is 0.381. The first-order valence-corrected chi connectivity index (χ1v) is 6.76. The molecule has 0 saturated carbocycles. The van der Waals surface area contributed by atoms with Gasteiger partial charge in [-0.05, 0) is 30.7 Å². The number of nitrogens with two attached hydrogens (primary N) is 1. The van der Waals surface area contributed by atoms with Gasteiger partial charge in [-0.2, -0.15) is 0 Å². The van der Waals surface area contributed by atoms with E-state index in [1.807, 2.05) is 12.1 Å². The quantitative estimate of drug-likeness (QED) is 0.488. The highest BCUT2D eigenvalue weighted by molar-refractivity contribution is 14.0. The van der Waals surface area contributed by atoms with E-state index in [2.05, 4.69) is 21.7 Å². The largest absolute Gasteiger partial charge is 0.370 e. The van der Waals surface area contributed by atoms with Crippen molar-refractivity contribution in [3.05, 3.63) is 30.1 Å². The van der Waals surface area contributed by atoms with Crippen molar-refractivity contribution in [2.24, 2.45) is 10.7 Å². The minimum absolute atomic E-state index is 0. The molecule has 0 atom stereocenters. The van der Waals surface area contributed by atoms with E-state index in [0.29, 0.717) is 5.96 Å². The van der Waals surface area contributed by atoms with Crippen molar-refractivity contribution >= 4 is 35.6 Å². The highest BCUT2D eigenvalue weighted by Gasteiger charge is 2.18.